The van der Waals surface area contributed by atoms with Gasteiger partial charge in [-0.3, -0.25) is 14.9 Å². The second-order valence-electron chi connectivity index (χ2n) is 5.03. The van der Waals surface area contributed by atoms with E-state index < -0.39 is 4.92 Å². The van der Waals surface area contributed by atoms with Gasteiger partial charge in [-0.15, -0.1) is 0 Å². The first-order chi connectivity index (χ1) is 10.1. The van der Waals surface area contributed by atoms with Crippen LogP contribution in [0.2, 0.25) is 0 Å². The molecular weight excluding hydrogens is 274 g/mol. The maximum absolute atomic E-state index is 12.6. The van der Waals surface area contributed by atoms with Gasteiger partial charge in [0.25, 0.3) is 5.91 Å². The molecule has 0 saturated carbocycles. The van der Waals surface area contributed by atoms with Crippen molar-refractivity contribution in [3.63, 3.8) is 0 Å². The van der Waals surface area contributed by atoms with Crippen LogP contribution in [0.1, 0.15) is 29.6 Å². The molecule has 1 aromatic carbocycles. The summed E-state index contributed by atoms with van der Waals surface area (Å²) >= 11 is 0. The molecule has 1 fully saturated rings. The summed E-state index contributed by atoms with van der Waals surface area (Å²) in [6.07, 6.45) is 2.91. The number of carbonyl (C=O) groups excluding carboxylic acids is 1. The minimum Gasteiger partial charge on any atom is -0.490 e. The van der Waals surface area contributed by atoms with Crippen molar-refractivity contribution in [3.05, 3.63) is 33.9 Å². The molecule has 2 rings (SSSR count). The molecule has 0 spiro atoms. The lowest BCUT2D eigenvalue weighted by Gasteiger charge is -2.35. The maximum Gasteiger partial charge on any atom is 0.310 e. The number of benzene rings is 1. The highest BCUT2D eigenvalue weighted by Crippen LogP contribution is 2.29. The van der Waals surface area contributed by atoms with Crippen molar-refractivity contribution in [2.75, 3.05) is 20.2 Å². The highest BCUT2D eigenvalue weighted by atomic mass is 16.6. The number of methoxy groups -OCH3 is 1. The van der Waals surface area contributed by atoms with E-state index in [0.717, 1.165) is 19.3 Å². The molecule has 0 aromatic heterocycles. The van der Waals surface area contributed by atoms with Crippen molar-refractivity contribution in [3.8, 4) is 5.75 Å². The Bertz CT molecular complexity index is 547. The molecule has 1 unspecified atom stereocenters. The number of nitrogens with zero attached hydrogens (tertiary/aromatic N) is 2. The predicted octanol–water partition coefficient (Wildman–Crippen LogP) is 1.56. The number of nitro benzene ring substituents is 1. The normalized spacial score (nSPS) is 18.4. The molecule has 1 aliphatic rings. The first-order valence-electron chi connectivity index (χ1n) is 6.92. The van der Waals surface area contributed by atoms with E-state index in [1.54, 1.807) is 4.90 Å². The number of piperidine rings is 1. The van der Waals surface area contributed by atoms with Crippen molar-refractivity contribution in [1.82, 2.24) is 4.90 Å². The SMILES string of the molecule is COc1cc(C(=O)N2CCCCC2CN)ccc1[N+](=O)[O-]. The van der Waals surface area contributed by atoms with Crippen LogP contribution in [0.4, 0.5) is 5.69 Å². The lowest BCUT2D eigenvalue weighted by molar-refractivity contribution is -0.385. The van der Waals surface area contributed by atoms with E-state index in [-0.39, 0.29) is 23.4 Å². The third-order valence-corrected chi connectivity index (χ3v) is 3.78. The molecule has 2 N–H and O–H groups in total. The van der Waals surface area contributed by atoms with Gasteiger partial charge in [-0.2, -0.15) is 0 Å². The number of carbonyl (C=O) groups is 1. The van der Waals surface area contributed by atoms with Gasteiger partial charge in [0.15, 0.2) is 5.75 Å². The number of nitro groups is 1. The molecule has 114 valence electrons. The summed E-state index contributed by atoms with van der Waals surface area (Å²) in [6.45, 7) is 1.09. The molecule has 7 nitrogen and oxygen atoms in total. The average molecular weight is 293 g/mol. The molecule has 1 heterocycles. The summed E-state index contributed by atoms with van der Waals surface area (Å²) in [5.74, 6) is -0.0643. The van der Waals surface area contributed by atoms with Crippen molar-refractivity contribution >= 4 is 11.6 Å². The van der Waals surface area contributed by atoms with E-state index in [2.05, 4.69) is 0 Å². The van der Waals surface area contributed by atoms with Gasteiger partial charge in [0.2, 0.25) is 0 Å². The van der Waals surface area contributed by atoms with Crippen LogP contribution in [0, 0.1) is 10.1 Å². The molecule has 1 atom stereocenters. The second kappa shape index (κ2) is 6.53. The smallest absolute Gasteiger partial charge is 0.310 e. The van der Waals surface area contributed by atoms with Crippen molar-refractivity contribution in [1.29, 1.82) is 0 Å². The Morgan fingerprint density at radius 1 is 1.52 bits per heavy atom. The van der Waals surface area contributed by atoms with Crippen LogP contribution in [0.25, 0.3) is 0 Å². The molecule has 1 aromatic rings. The van der Waals surface area contributed by atoms with Crippen molar-refractivity contribution in [2.24, 2.45) is 5.73 Å². The number of likely N-dealkylation sites (tertiary alicyclic amines) is 1. The van der Waals surface area contributed by atoms with E-state index in [1.807, 2.05) is 0 Å². The average Bonchev–Trinajstić information content (AvgIpc) is 2.53. The van der Waals surface area contributed by atoms with Crippen LogP contribution in [0.15, 0.2) is 18.2 Å². The highest BCUT2D eigenvalue weighted by molar-refractivity contribution is 5.95. The van der Waals surface area contributed by atoms with Gasteiger partial charge in [0, 0.05) is 36.8 Å². The van der Waals surface area contributed by atoms with Gasteiger partial charge in [-0.25, -0.2) is 0 Å². The molecule has 0 radical (unpaired) electrons. The Labute approximate surface area is 122 Å². The fourth-order valence-corrected chi connectivity index (χ4v) is 2.64. The van der Waals surface area contributed by atoms with Gasteiger partial charge in [-0.05, 0) is 25.3 Å². The summed E-state index contributed by atoms with van der Waals surface area (Å²) in [7, 11) is 1.35. The topological polar surface area (TPSA) is 98.7 Å². The van der Waals surface area contributed by atoms with Crippen LogP contribution in [0.3, 0.4) is 0 Å². The van der Waals surface area contributed by atoms with E-state index in [9.17, 15) is 14.9 Å². The molecule has 0 bridgehead atoms. The largest absolute Gasteiger partial charge is 0.490 e. The quantitative estimate of drug-likeness (QED) is 0.671. The maximum atomic E-state index is 12.6. The van der Waals surface area contributed by atoms with Gasteiger partial charge in [0.05, 0.1) is 12.0 Å². The minimum atomic E-state index is -0.531. The molecule has 21 heavy (non-hydrogen) atoms. The zero-order valence-electron chi connectivity index (χ0n) is 11.9. The van der Waals surface area contributed by atoms with E-state index >= 15 is 0 Å². The fraction of sp³-hybridized carbons (Fsp3) is 0.500. The minimum absolute atomic E-state index is 0.0347. The molecule has 1 saturated heterocycles. The van der Waals surface area contributed by atoms with Gasteiger partial charge < -0.3 is 15.4 Å². The van der Waals surface area contributed by atoms with Crippen LogP contribution in [0.5, 0.6) is 5.75 Å². The Hall–Kier alpha value is -2.15. The predicted molar refractivity (Wildman–Crippen MR) is 77.4 cm³/mol. The molecule has 1 amide bonds. The first kappa shape index (κ1) is 15.2. The van der Waals surface area contributed by atoms with Crippen LogP contribution in [-0.2, 0) is 0 Å². The lowest BCUT2D eigenvalue weighted by atomic mass is 10.0. The number of hydrogen-bond acceptors (Lipinski definition) is 5. The standard InChI is InChI=1S/C14H19N3O4/c1-21-13-8-10(5-6-12(13)17(19)20)14(18)16-7-3-2-4-11(16)9-15/h5-6,8,11H,2-4,7,9,15H2,1H3. The van der Waals surface area contributed by atoms with Gasteiger partial charge in [0.1, 0.15) is 0 Å². The van der Waals surface area contributed by atoms with Crippen LogP contribution < -0.4 is 10.5 Å². The van der Waals surface area contributed by atoms with Crippen LogP contribution >= 0.6 is 0 Å². The Balaban J connectivity index is 2.28. The van der Waals surface area contributed by atoms with Crippen LogP contribution in [-0.4, -0.2) is 42.0 Å². The summed E-state index contributed by atoms with van der Waals surface area (Å²) in [5, 5.41) is 10.9. The Morgan fingerprint density at radius 3 is 2.90 bits per heavy atom. The lowest BCUT2D eigenvalue weighted by Crippen LogP contribution is -2.47. The molecule has 7 heteroatoms. The van der Waals surface area contributed by atoms with Crippen molar-refractivity contribution in [2.45, 2.75) is 25.3 Å². The van der Waals surface area contributed by atoms with E-state index in [4.69, 9.17) is 10.5 Å². The third-order valence-electron chi connectivity index (χ3n) is 3.78. The number of nitrogens with two attached hydrogens (primary N) is 1. The monoisotopic (exact) mass is 293 g/mol. The summed E-state index contributed by atoms with van der Waals surface area (Å²) < 4.78 is 5.00. The van der Waals surface area contributed by atoms with Gasteiger partial charge in [-0.1, -0.05) is 0 Å². The third kappa shape index (κ3) is 3.13. The van der Waals surface area contributed by atoms with Crippen molar-refractivity contribution < 1.29 is 14.5 Å². The summed E-state index contributed by atoms with van der Waals surface area (Å²) in [4.78, 5) is 24.7. The zero-order chi connectivity index (χ0) is 15.4. The molecule has 1 aliphatic heterocycles. The number of rotatable bonds is 4. The first-order valence-corrected chi connectivity index (χ1v) is 6.92. The Morgan fingerprint density at radius 2 is 2.29 bits per heavy atom. The molecule has 0 aliphatic carbocycles. The summed E-state index contributed by atoms with van der Waals surface area (Å²) in [6, 6.07) is 4.22. The van der Waals surface area contributed by atoms with Gasteiger partial charge >= 0.3 is 5.69 Å². The number of amides is 1. The van der Waals surface area contributed by atoms with E-state index in [1.165, 1.54) is 25.3 Å². The molecular formula is C14H19N3O4. The number of hydrogen-bond donors (Lipinski definition) is 1. The highest BCUT2D eigenvalue weighted by Gasteiger charge is 2.27. The van der Waals surface area contributed by atoms with E-state index in [0.29, 0.717) is 18.7 Å². The Kier molecular flexibility index (Phi) is 4.74. The fourth-order valence-electron chi connectivity index (χ4n) is 2.64. The number of ether oxygens (including phenoxy) is 1. The second-order valence-corrected chi connectivity index (χ2v) is 5.03. The zero-order valence-corrected chi connectivity index (χ0v) is 11.9. The summed E-state index contributed by atoms with van der Waals surface area (Å²) in [5.41, 5.74) is 5.96.